The van der Waals surface area contributed by atoms with Crippen LogP contribution in [0.4, 0.5) is 5.69 Å². The van der Waals surface area contributed by atoms with Crippen LogP contribution in [0.2, 0.25) is 0 Å². The fourth-order valence-electron chi connectivity index (χ4n) is 4.13. The SMILES string of the molecule is O=C(NCC(c1ccco1)N1CCCCC1)c1ccc(N2CCCC2=O)cc1. The van der Waals surface area contributed by atoms with Gasteiger partial charge in [-0.25, -0.2) is 0 Å². The van der Waals surface area contributed by atoms with Crippen molar-refractivity contribution in [2.24, 2.45) is 0 Å². The molecule has 148 valence electrons. The summed E-state index contributed by atoms with van der Waals surface area (Å²) in [5, 5.41) is 3.06. The van der Waals surface area contributed by atoms with Crippen LogP contribution in [0.3, 0.4) is 0 Å². The average molecular weight is 381 g/mol. The van der Waals surface area contributed by atoms with Gasteiger partial charge in [-0.2, -0.15) is 0 Å². The van der Waals surface area contributed by atoms with E-state index in [1.54, 1.807) is 23.3 Å². The number of hydrogen-bond acceptors (Lipinski definition) is 4. The molecule has 6 heteroatoms. The van der Waals surface area contributed by atoms with Gasteiger partial charge < -0.3 is 14.6 Å². The molecule has 1 unspecified atom stereocenters. The summed E-state index contributed by atoms with van der Waals surface area (Å²) in [5.41, 5.74) is 1.47. The number of nitrogens with zero attached hydrogens (tertiary/aromatic N) is 2. The predicted octanol–water partition coefficient (Wildman–Crippen LogP) is 3.36. The Kier molecular flexibility index (Phi) is 5.76. The number of rotatable bonds is 6. The van der Waals surface area contributed by atoms with Crippen molar-refractivity contribution in [3.8, 4) is 0 Å². The normalized spacial score (nSPS) is 19.0. The molecule has 0 radical (unpaired) electrons. The number of hydrogen-bond donors (Lipinski definition) is 1. The van der Waals surface area contributed by atoms with Crippen molar-refractivity contribution < 1.29 is 14.0 Å². The number of likely N-dealkylation sites (tertiary alicyclic amines) is 1. The highest BCUT2D eigenvalue weighted by atomic mass is 16.3. The Bertz CT molecular complexity index is 795. The Labute approximate surface area is 165 Å². The monoisotopic (exact) mass is 381 g/mol. The van der Waals surface area contributed by atoms with E-state index in [9.17, 15) is 9.59 Å². The Morgan fingerprint density at radius 1 is 1.04 bits per heavy atom. The number of piperidine rings is 1. The molecule has 1 aromatic carbocycles. The number of carbonyl (C=O) groups excluding carboxylic acids is 2. The van der Waals surface area contributed by atoms with Gasteiger partial charge in [0.05, 0.1) is 12.3 Å². The molecule has 1 atom stereocenters. The Balaban J connectivity index is 1.40. The molecule has 4 rings (SSSR count). The Morgan fingerprint density at radius 3 is 2.46 bits per heavy atom. The van der Waals surface area contributed by atoms with Crippen molar-refractivity contribution in [2.75, 3.05) is 31.1 Å². The van der Waals surface area contributed by atoms with Crippen LogP contribution in [0, 0.1) is 0 Å². The van der Waals surface area contributed by atoms with E-state index in [-0.39, 0.29) is 17.9 Å². The Hall–Kier alpha value is -2.60. The first kappa shape index (κ1) is 18.7. The maximum atomic E-state index is 12.7. The zero-order chi connectivity index (χ0) is 19.3. The summed E-state index contributed by atoms with van der Waals surface area (Å²) in [5.74, 6) is 0.943. The second-order valence-electron chi connectivity index (χ2n) is 7.53. The van der Waals surface area contributed by atoms with Gasteiger partial charge in [-0.3, -0.25) is 14.5 Å². The van der Waals surface area contributed by atoms with E-state index in [0.717, 1.165) is 37.5 Å². The standard InChI is InChI=1S/C22H27N3O3/c26-21-7-4-14-25(21)18-10-8-17(9-11-18)22(27)23-16-19(20-6-5-15-28-20)24-12-2-1-3-13-24/h5-6,8-11,15,19H,1-4,7,12-14,16H2,(H,23,27). The molecule has 0 aliphatic carbocycles. The molecule has 28 heavy (non-hydrogen) atoms. The van der Waals surface area contributed by atoms with Crippen LogP contribution >= 0.6 is 0 Å². The largest absolute Gasteiger partial charge is 0.468 e. The van der Waals surface area contributed by atoms with Crippen LogP contribution in [0.25, 0.3) is 0 Å². The number of nitrogens with one attached hydrogen (secondary N) is 1. The van der Waals surface area contributed by atoms with Gasteiger partial charge in [-0.1, -0.05) is 6.42 Å². The second-order valence-corrected chi connectivity index (χ2v) is 7.53. The zero-order valence-corrected chi connectivity index (χ0v) is 16.1. The molecule has 2 amide bonds. The van der Waals surface area contributed by atoms with Gasteiger partial charge in [0.2, 0.25) is 5.91 Å². The lowest BCUT2D eigenvalue weighted by Crippen LogP contribution is -2.40. The molecule has 0 saturated carbocycles. The summed E-state index contributed by atoms with van der Waals surface area (Å²) in [6, 6.07) is 11.2. The highest BCUT2D eigenvalue weighted by Crippen LogP contribution is 2.25. The molecular weight excluding hydrogens is 354 g/mol. The lowest BCUT2D eigenvalue weighted by molar-refractivity contribution is -0.117. The first-order valence-corrected chi connectivity index (χ1v) is 10.2. The number of carbonyl (C=O) groups is 2. The van der Waals surface area contributed by atoms with Crippen molar-refractivity contribution in [1.29, 1.82) is 0 Å². The summed E-state index contributed by atoms with van der Waals surface area (Å²) in [7, 11) is 0. The van der Waals surface area contributed by atoms with Crippen LogP contribution in [-0.2, 0) is 4.79 Å². The van der Waals surface area contributed by atoms with Gasteiger partial charge in [0.1, 0.15) is 5.76 Å². The Morgan fingerprint density at radius 2 is 1.82 bits per heavy atom. The first-order chi connectivity index (χ1) is 13.7. The van der Waals surface area contributed by atoms with Gasteiger partial charge in [-0.15, -0.1) is 0 Å². The van der Waals surface area contributed by atoms with Crippen molar-refractivity contribution in [1.82, 2.24) is 10.2 Å². The van der Waals surface area contributed by atoms with Crippen molar-refractivity contribution in [2.45, 2.75) is 38.1 Å². The van der Waals surface area contributed by atoms with E-state index in [4.69, 9.17) is 4.42 Å². The van der Waals surface area contributed by atoms with Gasteiger partial charge in [0, 0.05) is 30.8 Å². The van der Waals surface area contributed by atoms with E-state index < -0.39 is 0 Å². The van der Waals surface area contributed by atoms with Crippen LogP contribution in [0.1, 0.15) is 54.3 Å². The van der Waals surface area contributed by atoms with Crippen LogP contribution < -0.4 is 10.2 Å². The highest BCUT2D eigenvalue weighted by Gasteiger charge is 2.25. The van der Waals surface area contributed by atoms with Crippen LogP contribution in [0.15, 0.2) is 47.1 Å². The van der Waals surface area contributed by atoms with Crippen molar-refractivity contribution >= 4 is 17.5 Å². The van der Waals surface area contributed by atoms with Crippen LogP contribution in [0.5, 0.6) is 0 Å². The molecule has 1 aromatic heterocycles. The van der Waals surface area contributed by atoms with Gasteiger partial charge in [0.25, 0.3) is 5.91 Å². The second kappa shape index (κ2) is 8.61. The first-order valence-electron chi connectivity index (χ1n) is 10.2. The van der Waals surface area contributed by atoms with E-state index in [0.29, 0.717) is 18.5 Å². The van der Waals surface area contributed by atoms with E-state index in [1.807, 2.05) is 24.3 Å². The lowest BCUT2D eigenvalue weighted by atomic mass is 10.1. The summed E-state index contributed by atoms with van der Waals surface area (Å²) in [6.07, 6.45) is 6.81. The van der Waals surface area contributed by atoms with Crippen molar-refractivity contribution in [3.63, 3.8) is 0 Å². The highest BCUT2D eigenvalue weighted by molar-refractivity contribution is 5.97. The topological polar surface area (TPSA) is 65.8 Å². The fraction of sp³-hybridized carbons (Fsp3) is 0.455. The average Bonchev–Trinajstić information content (AvgIpc) is 3.41. The molecule has 6 nitrogen and oxygen atoms in total. The minimum Gasteiger partial charge on any atom is -0.468 e. The molecule has 3 heterocycles. The lowest BCUT2D eigenvalue weighted by Gasteiger charge is -2.33. The quantitative estimate of drug-likeness (QED) is 0.833. The summed E-state index contributed by atoms with van der Waals surface area (Å²) >= 11 is 0. The molecule has 2 aliphatic heterocycles. The number of anilines is 1. The summed E-state index contributed by atoms with van der Waals surface area (Å²) in [6.45, 7) is 3.32. The minimum atomic E-state index is -0.104. The van der Waals surface area contributed by atoms with Gasteiger partial charge in [-0.05, 0) is 68.8 Å². The molecule has 1 N–H and O–H groups in total. The third kappa shape index (κ3) is 4.12. The molecule has 2 aliphatic rings. The van der Waals surface area contributed by atoms with E-state index >= 15 is 0 Å². The maximum absolute atomic E-state index is 12.7. The smallest absolute Gasteiger partial charge is 0.251 e. The van der Waals surface area contributed by atoms with E-state index in [1.165, 1.54) is 19.3 Å². The number of amides is 2. The molecule has 2 saturated heterocycles. The van der Waals surface area contributed by atoms with Gasteiger partial charge >= 0.3 is 0 Å². The van der Waals surface area contributed by atoms with Gasteiger partial charge in [0.15, 0.2) is 0 Å². The molecule has 2 fully saturated rings. The molecule has 0 spiro atoms. The third-order valence-electron chi connectivity index (χ3n) is 5.67. The van der Waals surface area contributed by atoms with Crippen LogP contribution in [-0.4, -0.2) is 42.9 Å². The van der Waals surface area contributed by atoms with Crippen molar-refractivity contribution in [3.05, 3.63) is 54.0 Å². The number of furan rings is 1. The summed E-state index contributed by atoms with van der Waals surface area (Å²) < 4.78 is 5.64. The predicted molar refractivity (Wildman–Crippen MR) is 107 cm³/mol. The van der Waals surface area contributed by atoms with E-state index in [2.05, 4.69) is 10.2 Å². The third-order valence-corrected chi connectivity index (χ3v) is 5.67. The molecule has 2 aromatic rings. The maximum Gasteiger partial charge on any atom is 0.251 e. The molecule has 0 bridgehead atoms. The summed E-state index contributed by atoms with van der Waals surface area (Å²) in [4.78, 5) is 28.7. The minimum absolute atomic E-state index is 0.0562. The molecular formula is C22H27N3O3. The fourth-order valence-corrected chi connectivity index (χ4v) is 4.13. The number of benzene rings is 1. The zero-order valence-electron chi connectivity index (χ0n) is 16.1.